The highest BCUT2D eigenvalue weighted by Crippen LogP contribution is 1.99. The van der Waals surface area contributed by atoms with Gasteiger partial charge in [0, 0.05) is 26.2 Å². The van der Waals surface area contributed by atoms with Gasteiger partial charge in [0.2, 0.25) is 0 Å². The first-order valence-corrected chi connectivity index (χ1v) is 7.97. The Labute approximate surface area is 133 Å². The zero-order valence-electron chi connectivity index (χ0n) is 12.9. The Morgan fingerprint density at radius 2 is 1.10 bits per heavy atom. The fourth-order valence-electron chi connectivity index (χ4n) is 2.35. The predicted molar refractivity (Wildman–Crippen MR) is 93.2 cm³/mol. The topological polar surface area (TPSA) is 24.9 Å². The molecule has 2 rings (SSSR count). The summed E-state index contributed by atoms with van der Waals surface area (Å²) < 4.78 is 10.4. The average molecular weight is 305 g/mol. The SMILES string of the molecule is C.C.CCCCN1CCOCC1.CCCN1CCOCC1. The highest BCUT2D eigenvalue weighted by atomic mass is 16.5. The van der Waals surface area contributed by atoms with Crippen molar-refractivity contribution < 1.29 is 9.47 Å². The van der Waals surface area contributed by atoms with Crippen molar-refractivity contribution in [1.29, 1.82) is 0 Å². The van der Waals surface area contributed by atoms with Crippen molar-refractivity contribution in [1.82, 2.24) is 9.80 Å². The summed E-state index contributed by atoms with van der Waals surface area (Å²) in [4.78, 5) is 4.93. The van der Waals surface area contributed by atoms with Crippen molar-refractivity contribution in [2.45, 2.75) is 48.0 Å². The Balaban J connectivity index is 0. The van der Waals surface area contributed by atoms with E-state index in [0.29, 0.717) is 0 Å². The fourth-order valence-corrected chi connectivity index (χ4v) is 2.35. The zero-order chi connectivity index (χ0) is 13.8. The van der Waals surface area contributed by atoms with Crippen molar-refractivity contribution in [3.8, 4) is 0 Å². The van der Waals surface area contributed by atoms with Crippen LogP contribution in [0.2, 0.25) is 0 Å². The quantitative estimate of drug-likeness (QED) is 0.779. The van der Waals surface area contributed by atoms with E-state index in [9.17, 15) is 0 Å². The van der Waals surface area contributed by atoms with Crippen LogP contribution in [-0.4, -0.2) is 75.5 Å². The molecule has 21 heavy (non-hydrogen) atoms. The Hall–Kier alpha value is -0.160. The molecule has 0 N–H and O–H groups in total. The summed E-state index contributed by atoms with van der Waals surface area (Å²) in [5.41, 5.74) is 0. The van der Waals surface area contributed by atoms with Crippen LogP contribution >= 0.6 is 0 Å². The van der Waals surface area contributed by atoms with Gasteiger partial charge in [0.1, 0.15) is 0 Å². The van der Waals surface area contributed by atoms with E-state index in [-0.39, 0.29) is 14.9 Å². The molecule has 0 atom stereocenters. The van der Waals surface area contributed by atoms with E-state index in [2.05, 4.69) is 23.6 Å². The minimum atomic E-state index is 0. The molecule has 0 spiro atoms. The number of hydrogen-bond acceptors (Lipinski definition) is 4. The molecule has 2 aliphatic rings. The minimum absolute atomic E-state index is 0. The lowest BCUT2D eigenvalue weighted by Crippen LogP contribution is -2.36. The molecule has 0 aromatic heterocycles. The summed E-state index contributed by atoms with van der Waals surface area (Å²) in [5, 5.41) is 0. The molecule has 0 saturated carbocycles. The van der Waals surface area contributed by atoms with E-state index >= 15 is 0 Å². The van der Waals surface area contributed by atoms with Crippen molar-refractivity contribution in [3.05, 3.63) is 0 Å². The van der Waals surface area contributed by atoms with Crippen molar-refractivity contribution in [3.63, 3.8) is 0 Å². The first kappa shape index (κ1) is 23.1. The van der Waals surface area contributed by atoms with Crippen LogP contribution in [0.3, 0.4) is 0 Å². The van der Waals surface area contributed by atoms with Gasteiger partial charge in [-0.05, 0) is 25.9 Å². The zero-order valence-corrected chi connectivity index (χ0v) is 12.9. The van der Waals surface area contributed by atoms with Gasteiger partial charge in [-0.3, -0.25) is 9.80 Å². The maximum Gasteiger partial charge on any atom is 0.0594 e. The molecule has 2 fully saturated rings. The third kappa shape index (κ3) is 12.1. The fraction of sp³-hybridized carbons (Fsp3) is 1.00. The van der Waals surface area contributed by atoms with E-state index in [1.54, 1.807) is 0 Å². The van der Waals surface area contributed by atoms with Gasteiger partial charge in [-0.15, -0.1) is 0 Å². The van der Waals surface area contributed by atoms with Crippen LogP contribution < -0.4 is 0 Å². The van der Waals surface area contributed by atoms with Crippen molar-refractivity contribution in [2.24, 2.45) is 0 Å². The number of unbranched alkanes of at least 4 members (excludes halogenated alkanes) is 1. The molecular formula is C17H40N2O2. The number of morpholine rings is 2. The summed E-state index contributed by atoms with van der Waals surface area (Å²) in [7, 11) is 0. The number of nitrogens with zero attached hydrogens (tertiary/aromatic N) is 2. The lowest BCUT2D eigenvalue weighted by atomic mass is 10.3. The van der Waals surface area contributed by atoms with Crippen LogP contribution in [0.4, 0.5) is 0 Å². The average Bonchev–Trinajstić information content (AvgIpc) is 2.48. The number of rotatable bonds is 5. The van der Waals surface area contributed by atoms with Crippen LogP contribution in [0, 0.1) is 0 Å². The molecule has 0 aliphatic carbocycles. The van der Waals surface area contributed by atoms with Gasteiger partial charge in [-0.1, -0.05) is 35.1 Å². The first-order valence-electron chi connectivity index (χ1n) is 7.97. The monoisotopic (exact) mass is 304 g/mol. The van der Waals surface area contributed by atoms with E-state index in [1.165, 1.54) is 32.4 Å². The van der Waals surface area contributed by atoms with E-state index < -0.39 is 0 Å². The highest BCUT2D eigenvalue weighted by Gasteiger charge is 2.08. The second kappa shape index (κ2) is 16.2. The molecule has 2 heterocycles. The Morgan fingerprint density at radius 1 is 0.667 bits per heavy atom. The molecule has 0 aromatic carbocycles. The normalized spacial score (nSPS) is 19.7. The largest absolute Gasteiger partial charge is 0.379 e. The van der Waals surface area contributed by atoms with Crippen LogP contribution in [0.1, 0.15) is 48.0 Å². The van der Waals surface area contributed by atoms with Gasteiger partial charge in [0.05, 0.1) is 26.4 Å². The summed E-state index contributed by atoms with van der Waals surface area (Å²) in [5.74, 6) is 0. The van der Waals surface area contributed by atoms with Crippen LogP contribution in [0.25, 0.3) is 0 Å². The van der Waals surface area contributed by atoms with E-state index in [0.717, 1.165) is 52.6 Å². The van der Waals surface area contributed by atoms with Crippen LogP contribution in [-0.2, 0) is 9.47 Å². The van der Waals surface area contributed by atoms with E-state index in [4.69, 9.17) is 9.47 Å². The van der Waals surface area contributed by atoms with Crippen molar-refractivity contribution in [2.75, 3.05) is 65.7 Å². The summed E-state index contributed by atoms with van der Waals surface area (Å²) in [6.07, 6.45) is 3.90. The molecule has 2 saturated heterocycles. The molecule has 0 radical (unpaired) electrons. The second-order valence-corrected chi connectivity index (χ2v) is 5.26. The number of ether oxygens (including phenoxy) is 2. The Bertz CT molecular complexity index is 188. The summed E-state index contributed by atoms with van der Waals surface area (Å²) >= 11 is 0. The summed E-state index contributed by atoms with van der Waals surface area (Å²) in [6.45, 7) is 15.2. The third-order valence-electron chi connectivity index (χ3n) is 3.58. The number of hydrogen-bond donors (Lipinski definition) is 0. The molecule has 2 aliphatic heterocycles. The minimum Gasteiger partial charge on any atom is -0.379 e. The lowest BCUT2D eigenvalue weighted by Gasteiger charge is -2.26. The van der Waals surface area contributed by atoms with Gasteiger partial charge < -0.3 is 9.47 Å². The maximum absolute atomic E-state index is 5.24. The van der Waals surface area contributed by atoms with Crippen LogP contribution in [0.5, 0.6) is 0 Å². The second-order valence-electron chi connectivity index (χ2n) is 5.26. The van der Waals surface area contributed by atoms with Gasteiger partial charge in [0.25, 0.3) is 0 Å². The van der Waals surface area contributed by atoms with Gasteiger partial charge in [0.15, 0.2) is 0 Å². The van der Waals surface area contributed by atoms with E-state index in [1.807, 2.05) is 0 Å². The predicted octanol–water partition coefficient (Wildman–Crippen LogP) is 3.12. The molecule has 0 unspecified atom stereocenters. The first-order chi connectivity index (χ1) is 9.36. The third-order valence-corrected chi connectivity index (χ3v) is 3.58. The molecule has 0 aromatic rings. The molecular weight excluding hydrogens is 264 g/mol. The van der Waals surface area contributed by atoms with Crippen LogP contribution in [0.15, 0.2) is 0 Å². The maximum atomic E-state index is 5.24. The Morgan fingerprint density at radius 3 is 1.48 bits per heavy atom. The van der Waals surface area contributed by atoms with Crippen molar-refractivity contribution >= 4 is 0 Å². The Kier molecular flexibility index (Phi) is 17.8. The van der Waals surface area contributed by atoms with Gasteiger partial charge in [-0.2, -0.15) is 0 Å². The van der Waals surface area contributed by atoms with Gasteiger partial charge in [-0.25, -0.2) is 0 Å². The highest BCUT2D eigenvalue weighted by molar-refractivity contribution is 4.61. The molecule has 130 valence electrons. The molecule has 0 bridgehead atoms. The molecule has 0 amide bonds. The van der Waals surface area contributed by atoms with Gasteiger partial charge >= 0.3 is 0 Å². The summed E-state index contributed by atoms with van der Waals surface area (Å²) in [6, 6.07) is 0. The standard InChI is InChI=1S/C8H17NO.C7H15NO.2CH4/c1-2-3-4-9-5-7-10-8-6-9;1-2-3-8-4-6-9-7-5-8;;/h2-8H2,1H3;2-7H2,1H3;2*1H4. The lowest BCUT2D eigenvalue weighted by molar-refractivity contribution is 0.0373. The smallest absolute Gasteiger partial charge is 0.0594 e. The molecule has 4 nitrogen and oxygen atoms in total. The molecule has 4 heteroatoms.